The van der Waals surface area contributed by atoms with Crippen LogP contribution < -0.4 is 15.1 Å². The molecule has 124 valence electrons. The molecular weight excluding hydrogens is 356 g/mol. The number of ether oxygens (including phenoxy) is 1. The van der Waals surface area contributed by atoms with E-state index in [-0.39, 0.29) is 15.8 Å². The van der Waals surface area contributed by atoms with Crippen LogP contribution in [0.2, 0.25) is 5.02 Å². The Morgan fingerprint density at radius 3 is 2.75 bits per heavy atom. The zero-order chi connectivity index (χ0) is 17.3. The quantitative estimate of drug-likeness (QED) is 0.713. The monoisotopic (exact) mass is 366 g/mol. The van der Waals surface area contributed by atoms with Gasteiger partial charge in [0, 0.05) is 23.3 Å². The van der Waals surface area contributed by atoms with Gasteiger partial charge < -0.3 is 9.15 Å². The summed E-state index contributed by atoms with van der Waals surface area (Å²) in [6.07, 6.45) is 1.29. The van der Waals surface area contributed by atoms with Gasteiger partial charge in [0.2, 0.25) is 5.88 Å². The number of sulfonamides is 1. The summed E-state index contributed by atoms with van der Waals surface area (Å²) in [6.45, 7) is 0. The lowest BCUT2D eigenvalue weighted by Crippen LogP contribution is -2.14. The molecule has 2 aromatic heterocycles. The standard InChI is InChI=1S/C15H11ClN2O5S/c1-22-15-13(7-10(16)8-17-15)24(20,21)18-11-3-4-12-9(6-11)2-5-14(19)23-12/h2-8,18H,1H3. The van der Waals surface area contributed by atoms with Crippen molar-refractivity contribution < 1.29 is 17.6 Å². The molecule has 1 aromatic carbocycles. The molecule has 0 saturated carbocycles. The first-order chi connectivity index (χ1) is 11.4. The number of fused-ring (bicyclic) bond motifs is 1. The number of nitrogens with one attached hydrogen (secondary N) is 1. The van der Waals surface area contributed by atoms with Gasteiger partial charge >= 0.3 is 5.63 Å². The van der Waals surface area contributed by atoms with E-state index in [2.05, 4.69) is 9.71 Å². The number of hydrogen-bond donors (Lipinski definition) is 1. The molecule has 0 bridgehead atoms. The number of hydrogen-bond acceptors (Lipinski definition) is 6. The van der Waals surface area contributed by atoms with Gasteiger partial charge in [-0.2, -0.15) is 0 Å². The first-order valence-electron chi connectivity index (χ1n) is 6.65. The molecule has 0 fully saturated rings. The van der Waals surface area contributed by atoms with Gasteiger partial charge in [-0.25, -0.2) is 18.2 Å². The zero-order valence-electron chi connectivity index (χ0n) is 12.3. The number of nitrogens with zero attached hydrogens (tertiary/aromatic N) is 1. The number of rotatable bonds is 4. The minimum Gasteiger partial charge on any atom is -0.480 e. The van der Waals surface area contributed by atoms with Gasteiger partial charge in [0.1, 0.15) is 5.58 Å². The van der Waals surface area contributed by atoms with Crippen LogP contribution in [0.25, 0.3) is 11.0 Å². The maximum absolute atomic E-state index is 12.6. The molecule has 24 heavy (non-hydrogen) atoms. The lowest BCUT2D eigenvalue weighted by Gasteiger charge is -2.11. The molecule has 2 heterocycles. The minimum atomic E-state index is -3.97. The Morgan fingerprint density at radius 1 is 1.21 bits per heavy atom. The van der Waals surface area contributed by atoms with Gasteiger partial charge in [-0.3, -0.25) is 4.72 Å². The van der Waals surface area contributed by atoms with Crippen LogP contribution in [0.5, 0.6) is 5.88 Å². The van der Waals surface area contributed by atoms with Crippen molar-refractivity contribution in [1.29, 1.82) is 0 Å². The van der Waals surface area contributed by atoms with Gasteiger partial charge in [0.05, 0.1) is 12.1 Å². The number of benzene rings is 1. The van der Waals surface area contributed by atoms with Crippen molar-refractivity contribution in [2.24, 2.45) is 0 Å². The highest BCUT2D eigenvalue weighted by Gasteiger charge is 2.21. The lowest BCUT2D eigenvalue weighted by molar-refractivity contribution is 0.385. The Bertz CT molecular complexity index is 1080. The third-order valence-electron chi connectivity index (χ3n) is 3.14. The predicted octanol–water partition coefficient (Wildman–Crippen LogP) is 2.65. The Hall–Kier alpha value is -2.58. The van der Waals surface area contributed by atoms with Gasteiger partial charge in [0.15, 0.2) is 4.90 Å². The van der Waals surface area contributed by atoms with Crippen LogP contribution in [0.15, 0.2) is 56.7 Å². The number of anilines is 1. The molecule has 0 radical (unpaired) electrons. The zero-order valence-corrected chi connectivity index (χ0v) is 13.9. The summed E-state index contributed by atoms with van der Waals surface area (Å²) in [5, 5.41) is 0.738. The molecule has 0 unspecified atom stereocenters. The molecule has 0 aliphatic heterocycles. The van der Waals surface area contributed by atoms with Crippen molar-refractivity contribution in [1.82, 2.24) is 4.98 Å². The molecule has 3 rings (SSSR count). The SMILES string of the molecule is COc1ncc(Cl)cc1S(=O)(=O)Nc1ccc2oc(=O)ccc2c1. The Balaban J connectivity index is 2.02. The largest absolute Gasteiger partial charge is 0.480 e. The second-order valence-corrected chi connectivity index (χ2v) is 6.86. The fraction of sp³-hybridized carbons (Fsp3) is 0.0667. The van der Waals surface area contributed by atoms with Crippen molar-refractivity contribution in [3.05, 3.63) is 58.0 Å². The van der Waals surface area contributed by atoms with E-state index in [1.54, 1.807) is 12.1 Å². The second-order valence-electron chi connectivity index (χ2n) is 4.77. The molecule has 0 aliphatic carbocycles. The Morgan fingerprint density at radius 2 is 2.00 bits per heavy atom. The third kappa shape index (κ3) is 3.19. The van der Waals surface area contributed by atoms with E-state index in [4.69, 9.17) is 20.8 Å². The van der Waals surface area contributed by atoms with Crippen LogP contribution in [-0.4, -0.2) is 20.5 Å². The van der Waals surface area contributed by atoms with Gasteiger partial charge in [-0.05, 0) is 30.3 Å². The van der Waals surface area contributed by atoms with Gasteiger partial charge in [-0.1, -0.05) is 11.6 Å². The van der Waals surface area contributed by atoms with Crippen LogP contribution in [0.3, 0.4) is 0 Å². The highest BCUT2D eigenvalue weighted by Crippen LogP contribution is 2.27. The fourth-order valence-electron chi connectivity index (χ4n) is 2.10. The van der Waals surface area contributed by atoms with Crippen molar-refractivity contribution in [2.75, 3.05) is 11.8 Å². The van der Waals surface area contributed by atoms with E-state index < -0.39 is 15.6 Å². The molecule has 7 nitrogen and oxygen atoms in total. The van der Waals surface area contributed by atoms with Crippen molar-refractivity contribution in [2.45, 2.75) is 4.90 Å². The number of pyridine rings is 1. The van der Waals surface area contributed by atoms with Crippen molar-refractivity contribution in [3.63, 3.8) is 0 Å². The molecule has 0 amide bonds. The number of methoxy groups -OCH3 is 1. The van der Waals surface area contributed by atoms with Crippen LogP contribution in [-0.2, 0) is 10.0 Å². The molecule has 1 N–H and O–H groups in total. The molecule has 3 aromatic rings. The summed E-state index contributed by atoms with van der Waals surface area (Å²) in [7, 11) is -2.66. The minimum absolute atomic E-state index is 0.0707. The third-order valence-corrected chi connectivity index (χ3v) is 4.72. The highest BCUT2D eigenvalue weighted by atomic mass is 35.5. The van der Waals surface area contributed by atoms with Crippen LogP contribution in [0.1, 0.15) is 0 Å². The summed E-state index contributed by atoms with van der Waals surface area (Å²) >= 11 is 5.82. The van der Waals surface area contributed by atoms with Crippen LogP contribution in [0, 0.1) is 0 Å². The predicted molar refractivity (Wildman–Crippen MR) is 89.1 cm³/mol. The summed E-state index contributed by atoms with van der Waals surface area (Å²) in [5.74, 6) is -0.0707. The fourth-order valence-corrected chi connectivity index (χ4v) is 3.52. The van der Waals surface area contributed by atoms with Crippen molar-refractivity contribution >= 4 is 38.3 Å². The first-order valence-corrected chi connectivity index (χ1v) is 8.51. The van der Waals surface area contributed by atoms with E-state index in [9.17, 15) is 13.2 Å². The van der Waals surface area contributed by atoms with E-state index in [0.717, 1.165) is 0 Å². The molecule has 0 spiro atoms. The first kappa shape index (κ1) is 16.3. The molecule has 0 aliphatic rings. The summed E-state index contributed by atoms with van der Waals surface area (Å²) in [4.78, 5) is 14.8. The number of aromatic nitrogens is 1. The van der Waals surface area contributed by atoms with E-state index >= 15 is 0 Å². The second kappa shape index (κ2) is 6.14. The normalized spacial score (nSPS) is 11.4. The average molecular weight is 367 g/mol. The molecule has 0 saturated heterocycles. The maximum atomic E-state index is 12.6. The number of halogens is 1. The summed E-state index contributed by atoms with van der Waals surface area (Å²) < 4.78 is 37.5. The van der Waals surface area contributed by atoms with Gasteiger partial charge in [0.25, 0.3) is 10.0 Å². The topological polar surface area (TPSA) is 98.5 Å². The average Bonchev–Trinajstić information content (AvgIpc) is 2.54. The van der Waals surface area contributed by atoms with E-state index in [1.807, 2.05) is 0 Å². The Labute approximate surface area is 141 Å². The molecule has 9 heteroatoms. The van der Waals surface area contributed by atoms with Crippen LogP contribution in [0.4, 0.5) is 5.69 Å². The van der Waals surface area contributed by atoms with Crippen LogP contribution >= 0.6 is 11.6 Å². The smallest absolute Gasteiger partial charge is 0.336 e. The van der Waals surface area contributed by atoms with Crippen molar-refractivity contribution in [3.8, 4) is 5.88 Å². The molecular formula is C15H11ClN2O5S. The lowest BCUT2D eigenvalue weighted by atomic mass is 10.2. The Kier molecular flexibility index (Phi) is 4.16. The van der Waals surface area contributed by atoms with E-state index in [0.29, 0.717) is 16.7 Å². The molecule has 0 atom stereocenters. The highest BCUT2D eigenvalue weighted by molar-refractivity contribution is 7.92. The van der Waals surface area contributed by atoms with Gasteiger partial charge in [-0.15, -0.1) is 0 Å². The summed E-state index contributed by atoms with van der Waals surface area (Å²) in [6, 6.07) is 8.57. The van der Waals surface area contributed by atoms with E-state index in [1.165, 1.54) is 37.6 Å². The summed E-state index contributed by atoms with van der Waals surface area (Å²) in [5.41, 5.74) is 0.163. The maximum Gasteiger partial charge on any atom is 0.336 e.